The van der Waals surface area contributed by atoms with Crippen LogP contribution in [0.25, 0.3) is 0 Å². The van der Waals surface area contributed by atoms with E-state index in [9.17, 15) is 4.79 Å². The molecular weight excluding hydrogens is 216 g/mol. The highest BCUT2D eigenvalue weighted by Gasteiger charge is 2.15. The van der Waals surface area contributed by atoms with E-state index in [1.165, 1.54) is 7.11 Å². The monoisotopic (exact) mass is 234 g/mol. The zero-order valence-electron chi connectivity index (χ0n) is 10.8. The highest BCUT2D eigenvalue weighted by atomic mass is 16.5. The van der Waals surface area contributed by atoms with Crippen molar-refractivity contribution in [2.45, 2.75) is 39.7 Å². The molecule has 0 bridgehead atoms. The molecule has 1 heterocycles. The predicted molar refractivity (Wildman–Crippen MR) is 64.6 cm³/mol. The highest BCUT2D eigenvalue weighted by molar-refractivity contribution is 5.69. The molecule has 0 amide bonds. The molecule has 0 atom stereocenters. The van der Waals surface area contributed by atoms with Crippen molar-refractivity contribution in [2.75, 3.05) is 7.11 Å². The quantitative estimate of drug-likeness (QED) is 0.751. The lowest BCUT2D eigenvalue weighted by Crippen LogP contribution is -2.07. The summed E-state index contributed by atoms with van der Waals surface area (Å²) in [6.07, 6.45) is 2.14. The Bertz CT molecular complexity index is 453. The number of rotatable bonds is 4. The molecule has 92 valence electrons. The minimum absolute atomic E-state index is 0.234. The van der Waals surface area contributed by atoms with E-state index in [-0.39, 0.29) is 5.97 Å². The molecule has 0 aromatic carbocycles. The molecular formula is C13H18N2O2. The second kappa shape index (κ2) is 5.53. The highest BCUT2D eigenvalue weighted by Crippen LogP contribution is 2.25. The van der Waals surface area contributed by atoms with Crippen LogP contribution in [0.5, 0.6) is 0 Å². The number of hydrogen-bond donors (Lipinski definition) is 0. The van der Waals surface area contributed by atoms with Crippen LogP contribution in [0.2, 0.25) is 0 Å². The van der Waals surface area contributed by atoms with Gasteiger partial charge in [-0.25, -0.2) is 0 Å². The van der Waals surface area contributed by atoms with Crippen LogP contribution in [-0.2, 0) is 16.1 Å². The first-order valence-corrected chi connectivity index (χ1v) is 5.67. The molecule has 0 aliphatic heterocycles. The number of carbonyl (C=O) groups excluding carboxylic acids is 1. The van der Waals surface area contributed by atoms with Gasteiger partial charge in [0.05, 0.1) is 19.1 Å². The van der Waals surface area contributed by atoms with Gasteiger partial charge in [-0.1, -0.05) is 13.8 Å². The van der Waals surface area contributed by atoms with Crippen molar-refractivity contribution in [3.63, 3.8) is 0 Å². The number of nitrogens with zero attached hydrogens (tertiary/aromatic N) is 2. The van der Waals surface area contributed by atoms with E-state index in [2.05, 4.69) is 24.7 Å². The van der Waals surface area contributed by atoms with Crippen molar-refractivity contribution in [2.24, 2.45) is 0 Å². The van der Waals surface area contributed by atoms with Crippen LogP contribution < -0.4 is 0 Å². The Morgan fingerprint density at radius 2 is 2.24 bits per heavy atom. The van der Waals surface area contributed by atoms with Crippen LogP contribution in [0.3, 0.4) is 0 Å². The summed E-state index contributed by atoms with van der Waals surface area (Å²) in [7, 11) is 1.38. The van der Waals surface area contributed by atoms with Crippen LogP contribution in [0.15, 0.2) is 6.20 Å². The fourth-order valence-corrected chi connectivity index (χ4v) is 2.04. The van der Waals surface area contributed by atoms with Crippen LogP contribution in [0.1, 0.15) is 43.0 Å². The molecule has 0 saturated carbocycles. The first kappa shape index (κ1) is 13.3. The van der Waals surface area contributed by atoms with E-state index in [1.807, 2.05) is 17.7 Å². The van der Waals surface area contributed by atoms with Gasteiger partial charge in [-0.05, 0) is 18.4 Å². The molecule has 4 heteroatoms. The maximum absolute atomic E-state index is 11.1. The summed E-state index contributed by atoms with van der Waals surface area (Å²) in [4.78, 5) is 11.1. The van der Waals surface area contributed by atoms with Crippen LogP contribution >= 0.6 is 0 Å². The summed E-state index contributed by atoms with van der Waals surface area (Å²) in [6, 6.07) is 2.20. The SMILES string of the molecule is COC(=O)CCn1cc(C#N)c(C(C)C)c1C. The van der Waals surface area contributed by atoms with E-state index < -0.39 is 0 Å². The average Bonchev–Trinajstić information content (AvgIpc) is 2.62. The Balaban J connectivity index is 2.95. The Morgan fingerprint density at radius 3 is 2.65 bits per heavy atom. The van der Waals surface area contributed by atoms with E-state index in [0.29, 0.717) is 24.4 Å². The summed E-state index contributed by atoms with van der Waals surface area (Å²) >= 11 is 0. The van der Waals surface area contributed by atoms with Gasteiger partial charge in [-0.2, -0.15) is 5.26 Å². The number of carbonyl (C=O) groups is 1. The third kappa shape index (κ3) is 2.88. The molecule has 17 heavy (non-hydrogen) atoms. The molecule has 4 nitrogen and oxygen atoms in total. The fourth-order valence-electron chi connectivity index (χ4n) is 2.04. The number of esters is 1. The Kier molecular flexibility index (Phi) is 4.33. The zero-order valence-corrected chi connectivity index (χ0v) is 10.8. The van der Waals surface area contributed by atoms with Crippen molar-refractivity contribution in [1.82, 2.24) is 4.57 Å². The minimum atomic E-state index is -0.234. The Morgan fingerprint density at radius 1 is 1.59 bits per heavy atom. The summed E-state index contributed by atoms with van der Waals surface area (Å²) in [5.74, 6) is 0.0757. The lowest BCUT2D eigenvalue weighted by Gasteiger charge is -2.08. The summed E-state index contributed by atoms with van der Waals surface area (Å²) in [5.41, 5.74) is 2.82. The van der Waals surface area contributed by atoms with E-state index in [1.54, 1.807) is 0 Å². The van der Waals surface area contributed by atoms with Gasteiger partial charge in [0.1, 0.15) is 6.07 Å². The van der Waals surface area contributed by atoms with Gasteiger partial charge >= 0.3 is 5.97 Å². The van der Waals surface area contributed by atoms with Crippen LogP contribution in [-0.4, -0.2) is 17.6 Å². The summed E-state index contributed by atoms with van der Waals surface area (Å²) in [5, 5.41) is 9.07. The lowest BCUT2D eigenvalue weighted by atomic mass is 10.00. The first-order valence-electron chi connectivity index (χ1n) is 5.67. The molecule has 0 aliphatic rings. The molecule has 0 unspecified atom stereocenters. The zero-order chi connectivity index (χ0) is 13.0. The number of nitriles is 1. The van der Waals surface area contributed by atoms with Gasteiger partial charge in [0.15, 0.2) is 0 Å². The van der Waals surface area contributed by atoms with E-state index in [4.69, 9.17) is 5.26 Å². The van der Waals surface area contributed by atoms with Crippen molar-refractivity contribution in [1.29, 1.82) is 5.26 Å². The van der Waals surface area contributed by atoms with Gasteiger partial charge in [-0.3, -0.25) is 4.79 Å². The van der Waals surface area contributed by atoms with E-state index in [0.717, 1.165) is 11.3 Å². The Labute approximate surface area is 102 Å². The largest absolute Gasteiger partial charge is 0.469 e. The fraction of sp³-hybridized carbons (Fsp3) is 0.538. The number of ether oxygens (including phenoxy) is 1. The van der Waals surface area contributed by atoms with Crippen LogP contribution in [0.4, 0.5) is 0 Å². The molecule has 1 aromatic rings. The standard InChI is InChI=1S/C13H18N2O2/c1-9(2)13-10(3)15(8-11(13)7-14)6-5-12(16)17-4/h8-9H,5-6H2,1-4H3. The van der Waals surface area contributed by atoms with Crippen LogP contribution in [0, 0.1) is 18.3 Å². The maximum Gasteiger partial charge on any atom is 0.307 e. The average molecular weight is 234 g/mol. The van der Waals surface area contributed by atoms with Gasteiger partial charge in [0, 0.05) is 18.4 Å². The minimum Gasteiger partial charge on any atom is -0.469 e. The van der Waals surface area contributed by atoms with Crippen molar-refractivity contribution in [3.05, 3.63) is 23.0 Å². The number of aromatic nitrogens is 1. The molecule has 0 spiro atoms. The van der Waals surface area contributed by atoms with E-state index >= 15 is 0 Å². The molecule has 0 saturated heterocycles. The number of methoxy groups -OCH3 is 1. The maximum atomic E-state index is 11.1. The molecule has 1 rings (SSSR count). The van der Waals surface area contributed by atoms with Gasteiger partial charge < -0.3 is 9.30 Å². The molecule has 0 fully saturated rings. The van der Waals surface area contributed by atoms with Crippen molar-refractivity contribution < 1.29 is 9.53 Å². The normalized spacial score (nSPS) is 10.4. The third-order valence-electron chi connectivity index (χ3n) is 2.88. The Hall–Kier alpha value is -1.76. The summed E-state index contributed by atoms with van der Waals surface area (Å²) in [6.45, 7) is 6.66. The molecule has 1 aromatic heterocycles. The molecule has 0 aliphatic carbocycles. The predicted octanol–water partition coefficient (Wildman–Crippen LogP) is 2.35. The smallest absolute Gasteiger partial charge is 0.307 e. The second-order valence-corrected chi connectivity index (χ2v) is 4.33. The topological polar surface area (TPSA) is 55.0 Å². The van der Waals surface area contributed by atoms with Gasteiger partial charge in [0.2, 0.25) is 0 Å². The van der Waals surface area contributed by atoms with Crippen molar-refractivity contribution in [3.8, 4) is 6.07 Å². The van der Waals surface area contributed by atoms with Crippen molar-refractivity contribution >= 4 is 5.97 Å². The number of aryl methyl sites for hydroxylation is 1. The summed E-state index contributed by atoms with van der Waals surface area (Å²) < 4.78 is 6.55. The number of hydrogen-bond acceptors (Lipinski definition) is 3. The second-order valence-electron chi connectivity index (χ2n) is 4.33. The molecule has 0 N–H and O–H groups in total. The third-order valence-corrected chi connectivity index (χ3v) is 2.88. The lowest BCUT2D eigenvalue weighted by molar-refractivity contribution is -0.140. The molecule has 0 radical (unpaired) electrons. The first-order chi connectivity index (χ1) is 8.01. The van der Waals surface area contributed by atoms with Gasteiger partial charge in [0.25, 0.3) is 0 Å². The van der Waals surface area contributed by atoms with Gasteiger partial charge in [-0.15, -0.1) is 0 Å².